The van der Waals surface area contributed by atoms with Crippen LogP contribution >= 0.6 is 34.8 Å². The molecule has 1 aliphatic heterocycles. The smallest absolute Gasteiger partial charge is 0.270 e. The second-order valence-electron chi connectivity index (χ2n) is 8.03. The predicted octanol–water partition coefficient (Wildman–Crippen LogP) is 4.46. The van der Waals surface area contributed by atoms with Crippen LogP contribution in [0.3, 0.4) is 0 Å². The number of carbonyl (C=O) groups is 3. The molecule has 0 bridgehead atoms. The number of carbonyl (C=O) groups excluding carboxylic acids is 3. The fraction of sp³-hybridized carbons (Fsp3) is 0.111. The number of rotatable bonds is 7. The van der Waals surface area contributed by atoms with E-state index in [-0.39, 0.29) is 23.2 Å². The first kappa shape index (κ1) is 26.3. The first-order chi connectivity index (χ1) is 17.8. The lowest BCUT2D eigenvalue weighted by atomic mass is 10.1. The number of hydrogen-bond donors (Lipinski definition) is 2. The lowest BCUT2D eigenvalue weighted by Gasteiger charge is -2.28. The van der Waals surface area contributed by atoms with Gasteiger partial charge in [0.05, 0.1) is 16.4 Å². The third-order valence-corrected chi connectivity index (χ3v) is 6.41. The molecule has 3 amide bonds. The first-order valence-electron chi connectivity index (χ1n) is 11.1. The normalized spacial score (nSPS) is 14.4. The Hall–Kier alpha value is -3.77. The van der Waals surface area contributed by atoms with Crippen LogP contribution in [-0.2, 0) is 14.4 Å². The number of benzene rings is 3. The summed E-state index contributed by atoms with van der Waals surface area (Å²) in [5.74, 6) is -0.736. The molecule has 0 unspecified atom stereocenters. The molecule has 2 N–H and O–H groups in total. The Morgan fingerprint density at radius 1 is 1.11 bits per heavy atom. The minimum absolute atomic E-state index is 0.0122. The van der Waals surface area contributed by atoms with Crippen molar-refractivity contribution in [3.8, 4) is 11.5 Å². The van der Waals surface area contributed by atoms with E-state index in [1.54, 1.807) is 42.5 Å². The number of halogens is 1. The van der Waals surface area contributed by atoms with Crippen LogP contribution in [0.5, 0.6) is 11.5 Å². The Balaban J connectivity index is 1.55. The zero-order chi connectivity index (χ0) is 26.5. The largest absolute Gasteiger partial charge is 0.493 e. The van der Waals surface area contributed by atoms with Gasteiger partial charge >= 0.3 is 0 Å². The second kappa shape index (κ2) is 11.5. The molecule has 1 heterocycles. The van der Waals surface area contributed by atoms with Crippen molar-refractivity contribution in [2.24, 2.45) is 0 Å². The van der Waals surface area contributed by atoms with Gasteiger partial charge in [0.1, 0.15) is 5.57 Å². The van der Waals surface area contributed by atoms with Crippen molar-refractivity contribution in [2.45, 2.75) is 6.92 Å². The molecule has 0 aliphatic carbocycles. The van der Waals surface area contributed by atoms with Crippen LogP contribution in [0.4, 0.5) is 11.4 Å². The highest BCUT2D eigenvalue weighted by Gasteiger charge is 2.34. The van der Waals surface area contributed by atoms with Crippen LogP contribution in [0.2, 0.25) is 0 Å². The van der Waals surface area contributed by atoms with E-state index < -0.39 is 11.8 Å². The minimum atomic E-state index is -0.593. The quantitative estimate of drug-likeness (QED) is 0.174. The van der Waals surface area contributed by atoms with Crippen LogP contribution in [0, 0.1) is 10.5 Å². The molecule has 1 fully saturated rings. The summed E-state index contributed by atoms with van der Waals surface area (Å²) in [6.07, 6.45) is 1.47. The summed E-state index contributed by atoms with van der Waals surface area (Å²) in [6.45, 7) is 1.71. The number of anilines is 2. The molecule has 8 nitrogen and oxygen atoms in total. The van der Waals surface area contributed by atoms with Crippen molar-refractivity contribution in [1.29, 1.82) is 0 Å². The van der Waals surface area contributed by atoms with E-state index >= 15 is 0 Å². The van der Waals surface area contributed by atoms with E-state index in [4.69, 9.17) is 21.7 Å². The SMILES string of the molecule is COc1cc(/C=C2/C(=O)NC(=S)N(c3ccccc3)C2=O)cc(I)c1OCC(=O)Nc1cccc(C)c1. The van der Waals surface area contributed by atoms with Crippen LogP contribution in [0.1, 0.15) is 11.1 Å². The molecule has 4 rings (SSSR count). The number of ether oxygens (including phenoxy) is 2. The first-order valence-corrected chi connectivity index (χ1v) is 12.6. The van der Waals surface area contributed by atoms with E-state index in [2.05, 4.69) is 10.6 Å². The maximum Gasteiger partial charge on any atom is 0.270 e. The molecule has 3 aromatic carbocycles. The Morgan fingerprint density at radius 2 is 1.86 bits per heavy atom. The predicted molar refractivity (Wildman–Crippen MR) is 154 cm³/mol. The molecule has 0 saturated carbocycles. The van der Waals surface area contributed by atoms with Crippen molar-refractivity contribution < 1.29 is 23.9 Å². The molecule has 1 aliphatic rings. The van der Waals surface area contributed by atoms with E-state index in [0.29, 0.717) is 32.0 Å². The lowest BCUT2D eigenvalue weighted by molar-refractivity contribution is -0.122. The summed E-state index contributed by atoms with van der Waals surface area (Å²) in [4.78, 5) is 39.5. The topological polar surface area (TPSA) is 97.0 Å². The summed E-state index contributed by atoms with van der Waals surface area (Å²) in [6, 6.07) is 19.6. The van der Waals surface area contributed by atoms with Crippen LogP contribution in [0.15, 0.2) is 72.3 Å². The Morgan fingerprint density at radius 3 is 2.57 bits per heavy atom. The Labute approximate surface area is 232 Å². The van der Waals surface area contributed by atoms with Gasteiger partial charge in [0.25, 0.3) is 17.7 Å². The van der Waals surface area contributed by atoms with E-state index in [9.17, 15) is 14.4 Å². The van der Waals surface area contributed by atoms with Gasteiger partial charge in [-0.05, 0) is 95.3 Å². The van der Waals surface area contributed by atoms with Crippen molar-refractivity contribution in [2.75, 3.05) is 23.9 Å². The van der Waals surface area contributed by atoms with Gasteiger partial charge in [-0.1, -0.05) is 30.3 Å². The summed E-state index contributed by atoms with van der Waals surface area (Å²) in [5.41, 5.74) is 2.71. The average molecular weight is 627 g/mol. The second-order valence-corrected chi connectivity index (χ2v) is 9.58. The van der Waals surface area contributed by atoms with E-state index in [1.807, 2.05) is 53.8 Å². The number of thiocarbonyl (C=S) groups is 1. The van der Waals surface area contributed by atoms with Gasteiger partial charge in [-0.15, -0.1) is 0 Å². The summed E-state index contributed by atoms with van der Waals surface area (Å²) in [5, 5.41) is 5.37. The van der Waals surface area contributed by atoms with Gasteiger partial charge in [-0.2, -0.15) is 0 Å². The maximum atomic E-state index is 13.2. The zero-order valence-corrected chi connectivity index (χ0v) is 22.9. The van der Waals surface area contributed by atoms with Gasteiger partial charge in [0.2, 0.25) is 0 Å². The van der Waals surface area contributed by atoms with Gasteiger partial charge in [0.15, 0.2) is 23.2 Å². The summed E-state index contributed by atoms with van der Waals surface area (Å²) >= 11 is 7.28. The van der Waals surface area contributed by atoms with Crippen LogP contribution in [0.25, 0.3) is 6.08 Å². The standard InChI is InChI=1S/C27H22IN3O5S/c1-16-7-6-8-18(11-16)29-23(32)15-36-24-21(28)13-17(14-22(24)35-2)12-20-25(33)30-27(37)31(26(20)34)19-9-4-3-5-10-19/h3-14H,15H2,1-2H3,(H,29,32)(H,30,33,37)/b20-12-. The monoisotopic (exact) mass is 627 g/mol. The number of hydrogen-bond acceptors (Lipinski definition) is 6. The molecule has 0 spiro atoms. The van der Waals surface area contributed by atoms with E-state index in [1.165, 1.54) is 18.1 Å². The third-order valence-electron chi connectivity index (χ3n) is 5.33. The van der Waals surface area contributed by atoms with E-state index in [0.717, 1.165) is 5.56 Å². The summed E-state index contributed by atoms with van der Waals surface area (Å²) < 4.78 is 11.9. The molecule has 0 atom stereocenters. The highest BCUT2D eigenvalue weighted by atomic mass is 127. The van der Waals surface area contributed by atoms with Gasteiger partial charge in [-0.25, -0.2) is 0 Å². The Bertz CT molecular complexity index is 1420. The molecule has 37 heavy (non-hydrogen) atoms. The number of methoxy groups -OCH3 is 1. The zero-order valence-electron chi connectivity index (χ0n) is 19.9. The number of para-hydroxylation sites is 1. The number of nitrogens with one attached hydrogen (secondary N) is 2. The Kier molecular flexibility index (Phi) is 8.19. The number of nitrogens with zero attached hydrogens (tertiary/aromatic N) is 1. The number of aryl methyl sites for hydroxylation is 1. The minimum Gasteiger partial charge on any atom is -0.493 e. The molecule has 0 radical (unpaired) electrons. The molecular formula is C27H22IN3O5S. The maximum absolute atomic E-state index is 13.2. The molecule has 1 saturated heterocycles. The summed E-state index contributed by atoms with van der Waals surface area (Å²) in [7, 11) is 1.47. The lowest BCUT2D eigenvalue weighted by Crippen LogP contribution is -2.54. The molecule has 3 aromatic rings. The van der Waals surface area contributed by atoms with Crippen molar-refractivity contribution in [3.05, 3.63) is 87.0 Å². The molecule has 188 valence electrons. The number of amides is 3. The molecule has 10 heteroatoms. The molecular weight excluding hydrogens is 605 g/mol. The fourth-order valence-corrected chi connectivity index (χ4v) is 4.72. The van der Waals surface area contributed by atoms with Crippen LogP contribution < -0.4 is 25.0 Å². The fourth-order valence-electron chi connectivity index (χ4n) is 3.66. The average Bonchev–Trinajstić information content (AvgIpc) is 2.86. The highest BCUT2D eigenvalue weighted by molar-refractivity contribution is 14.1. The van der Waals surface area contributed by atoms with Gasteiger partial charge in [0, 0.05) is 5.69 Å². The molecule has 0 aromatic heterocycles. The van der Waals surface area contributed by atoms with Gasteiger partial charge in [-0.3, -0.25) is 24.6 Å². The van der Waals surface area contributed by atoms with Crippen molar-refractivity contribution >= 4 is 75.1 Å². The highest BCUT2D eigenvalue weighted by Crippen LogP contribution is 2.35. The van der Waals surface area contributed by atoms with Crippen molar-refractivity contribution in [1.82, 2.24) is 5.32 Å². The van der Waals surface area contributed by atoms with Crippen molar-refractivity contribution in [3.63, 3.8) is 0 Å². The van der Waals surface area contributed by atoms with Gasteiger partial charge < -0.3 is 14.8 Å². The third kappa shape index (κ3) is 6.15. The van der Waals surface area contributed by atoms with Crippen LogP contribution in [-0.4, -0.2) is 36.6 Å².